The van der Waals surface area contributed by atoms with Crippen LogP contribution in [0.3, 0.4) is 0 Å². The molecule has 1 aliphatic heterocycles. The van der Waals surface area contributed by atoms with Gasteiger partial charge in [0.05, 0.1) is 6.10 Å². The highest BCUT2D eigenvalue weighted by atomic mass is 16.3. The first kappa shape index (κ1) is 7.59. The van der Waals surface area contributed by atoms with E-state index in [0.29, 0.717) is 6.42 Å². The highest BCUT2D eigenvalue weighted by molar-refractivity contribution is 4.92. The lowest BCUT2D eigenvalue weighted by atomic mass is 10.1. The fourth-order valence-electron chi connectivity index (χ4n) is 1.30. The number of nitrogens with one attached hydrogen (secondary N) is 1. The third-order valence-corrected chi connectivity index (χ3v) is 1.89. The Morgan fingerprint density at radius 2 is 2.60 bits per heavy atom. The molecule has 2 heteroatoms. The van der Waals surface area contributed by atoms with E-state index >= 15 is 0 Å². The molecule has 0 aromatic rings. The van der Waals surface area contributed by atoms with E-state index in [1.54, 1.807) is 0 Å². The lowest BCUT2D eigenvalue weighted by Crippen LogP contribution is -2.34. The minimum atomic E-state index is -0.340. The number of terminal acetylenes is 1. The molecule has 2 unspecified atom stereocenters. The summed E-state index contributed by atoms with van der Waals surface area (Å²) in [5, 5.41) is 12.5. The molecule has 2 N–H and O–H groups in total. The Hall–Kier alpha value is -0.520. The zero-order chi connectivity index (χ0) is 7.40. The van der Waals surface area contributed by atoms with Crippen molar-refractivity contribution >= 4 is 0 Å². The van der Waals surface area contributed by atoms with Gasteiger partial charge in [-0.1, -0.05) is 0 Å². The second-order valence-electron chi connectivity index (χ2n) is 2.68. The summed E-state index contributed by atoms with van der Waals surface area (Å²) in [7, 11) is 0. The molecule has 1 heterocycles. The second kappa shape index (κ2) is 3.60. The maximum absolute atomic E-state index is 9.34. The number of aliphatic hydroxyl groups is 1. The summed E-state index contributed by atoms with van der Waals surface area (Å²) in [6, 6.07) is 0.246. The quantitative estimate of drug-likeness (QED) is 0.533. The topological polar surface area (TPSA) is 32.3 Å². The van der Waals surface area contributed by atoms with E-state index in [-0.39, 0.29) is 12.1 Å². The average Bonchev–Trinajstić information content (AvgIpc) is 2.38. The molecule has 1 saturated heterocycles. The molecule has 56 valence electrons. The predicted molar refractivity (Wildman–Crippen MR) is 40.5 cm³/mol. The van der Waals surface area contributed by atoms with Gasteiger partial charge in [0.1, 0.15) is 0 Å². The van der Waals surface area contributed by atoms with E-state index in [0.717, 1.165) is 19.4 Å². The third kappa shape index (κ3) is 1.73. The van der Waals surface area contributed by atoms with Crippen LogP contribution in [0.5, 0.6) is 0 Å². The van der Waals surface area contributed by atoms with E-state index in [4.69, 9.17) is 6.42 Å². The van der Waals surface area contributed by atoms with Crippen molar-refractivity contribution in [2.75, 3.05) is 6.54 Å². The van der Waals surface area contributed by atoms with Crippen molar-refractivity contribution < 1.29 is 5.11 Å². The van der Waals surface area contributed by atoms with Gasteiger partial charge in [-0.25, -0.2) is 0 Å². The number of rotatable bonds is 2. The minimum Gasteiger partial charge on any atom is -0.391 e. The fraction of sp³-hybridized carbons (Fsp3) is 0.750. The Kier molecular flexibility index (Phi) is 2.73. The van der Waals surface area contributed by atoms with Crippen molar-refractivity contribution in [3.8, 4) is 12.3 Å². The first-order valence-corrected chi connectivity index (χ1v) is 3.69. The van der Waals surface area contributed by atoms with Gasteiger partial charge in [0.2, 0.25) is 0 Å². The molecule has 0 aromatic heterocycles. The predicted octanol–water partition coefficient (Wildman–Crippen LogP) is 0.123. The van der Waals surface area contributed by atoms with Crippen molar-refractivity contribution in [3.63, 3.8) is 0 Å². The Morgan fingerprint density at radius 3 is 3.10 bits per heavy atom. The number of hydrogen-bond acceptors (Lipinski definition) is 2. The zero-order valence-electron chi connectivity index (χ0n) is 6.01. The van der Waals surface area contributed by atoms with Gasteiger partial charge in [-0.05, 0) is 19.4 Å². The number of aliphatic hydroxyl groups excluding tert-OH is 1. The molecular formula is C8H13NO. The van der Waals surface area contributed by atoms with Crippen LogP contribution >= 0.6 is 0 Å². The summed E-state index contributed by atoms with van der Waals surface area (Å²) in [5.74, 6) is 2.45. The molecule has 0 aliphatic carbocycles. The summed E-state index contributed by atoms with van der Waals surface area (Å²) >= 11 is 0. The van der Waals surface area contributed by atoms with Crippen molar-refractivity contribution in [2.24, 2.45) is 0 Å². The molecule has 0 bridgehead atoms. The molecule has 10 heavy (non-hydrogen) atoms. The summed E-state index contributed by atoms with van der Waals surface area (Å²) in [6.07, 6.45) is 7.41. The van der Waals surface area contributed by atoms with Crippen LogP contribution in [0.4, 0.5) is 0 Å². The Morgan fingerprint density at radius 1 is 1.80 bits per heavy atom. The summed E-state index contributed by atoms with van der Waals surface area (Å²) in [5.41, 5.74) is 0. The maximum Gasteiger partial charge on any atom is 0.0802 e. The van der Waals surface area contributed by atoms with Crippen LogP contribution in [0.2, 0.25) is 0 Å². The molecule has 2 nitrogen and oxygen atoms in total. The Labute approximate surface area is 61.6 Å². The molecule has 1 rings (SSSR count). The molecule has 0 amide bonds. The van der Waals surface area contributed by atoms with E-state index in [2.05, 4.69) is 11.2 Å². The highest BCUT2D eigenvalue weighted by Crippen LogP contribution is 2.10. The van der Waals surface area contributed by atoms with Gasteiger partial charge in [-0.2, -0.15) is 0 Å². The molecular weight excluding hydrogens is 126 g/mol. The third-order valence-electron chi connectivity index (χ3n) is 1.89. The van der Waals surface area contributed by atoms with Gasteiger partial charge in [-0.3, -0.25) is 0 Å². The Bertz CT molecular complexity index is 133. The van der Waals surface area contributed by atoms with Gasteiger partial charge in [0.25, 0.3) is 0 Å². The smallest absolute Gasteiger partial charge is 0.0802 e. The van der Waals surface area contributed by atoms with Crippen molar-refractivity contribution in [1.29, 1.82) is 0 Å². The molecule has 2 atom stereocenters. The monoisotopic (exact) mass is 139 g/mol. The van der Waals surface area contributed by atoms with Crippen LogP contribution in [0.15, 0.2) is 0 Å². The fourth-order valence-corrected chi connectivity index (χ4v) is 1.30. The summed E-state index contributed by atoms with van der Waals surface area (Å²) < 4.78 is 0. The number of hydrogen-bond donors (Lipinski definition) is 2. The van der Waals surface area contributed by atoms with Gasteiger partial charge < -0.3 is 10.4 Å². The first-order chi connectivity index (χ1) is 4.84. The standard InChI is InChI=1S/C8H13NO/c1-2-4-8(10)7-5-3-6-9-7/h1,7-10H,3-6H2. The van der Waals surface area contributed by atoms with E-state index in [9.17, 15) is 5.11 Å². The SMILES string of the molecule is C#CCC(O)C1CCCN1. The van der Waals surface area contributed by atoms with Crippen LogP contribution in [0, 0.1) is 12.3 Å². The molecule has 0 radical (unpaired) electrons. The van der Waals surface area contributed by atoms with E-state index in [1.807, 2.05) is 0 Å². The van der Waals surface area contributed by atoms with Gasteiger partial charge in [0, 0.05) is 12.5 Å². The van der Waals surface area contributed by atoms with Crippen LogP contribution in [0.1, 0.15) is 19.3 Å². The van der Waals surface area contributed by atoms with Gasteiger partial charge in [-0.15, -0.1) is 12.3 Å². The van der Waals surface area contributed by atoms with Crippen LogP contribution < -0.4 is 5.32 Å². The first-order valence-electron chi connectivity index (χ1n) is 3.69. The highest BCUT2D eigenvalue weighted by Gasteiger charge is 2.20. The van der Waals surface area contributed by atoms with Crippen LogP contribution in [-0.2, 0) is 0 Å². The van der Waals surface area contributed by atoms with Crippen LogP contribution in [0.25, 0.3) is 0 Å². The minimum absolute atomic E-state index is 0.246. The second-order valence-corrected chi connectivity index (χ2v) is 2.68. The lowest BCUT2D eigenvalue weighted by Gasteiger charge is -2.14. The maximum atomic E-state index is 9.34. The van der Waals surface area contributed by atoms with Crippen molar-refractivity contribution in [3.05, 3.63) is 0 Å². The van der Waals surface area contributed by atoms with Gasteiger partial charge in [0.15, 0.2) is 0 Å². The van der Waals surface area contributed by atoms with Crippen molar-refractivity contribution in [1.82, 2.24) is 5.32 Å². The van der Waals surface area contributed by atoms with E-state index < -0.39 is 0 Å². The molecule has 0 spiro atoms. The summed E-state index contributed by atoms with van der Waals surface area (Å²) in [6.45, 7) is 1.02. The molecule has 1 aliphatic rings. The average molecular weight is 139 g/mol. The zero-order valence-corrected chi connectivity index (χ0v) is 6.01. The van der Waals surface area contributed by atoms with Crippen LogP contribution in [-0.4, -0.2) is 23.8 Å². The molecule has 0 aromatic carbocycles. The molecule has 1 fully saturated rings. The molecule has 0 saturated carbocycles. The van der Waals surface area contributed by atoms with Gasteiger partial charge >= 0.3 is 0 Å². The largest absolute Gasteiger partial charge is 0.391 e. The Balaban J connectivity index is 2.26. The van der Waals surface area contributed by atoms with E-state index in [1.165, 1.54) is 0 Å². The van der Waals surface area contributed by atoms with Crippen molar-refractivity contribution in [2.45, 2.75) is 31.4 Å². The summed E-state index contributed by atoms with van der Waals surface area (Å²) in [4.78, 5) is 0. The normalized spacial score (nSPS) is 27.8. The lowest BCUT2D eigenvalue weighted by molar-refractivity contribution is 0.141.